The minimum absolute atomic E-state index is 0.145. The summed E-state index contributed by atoms with van der Waals surface area (Å²) in [4.78, 5) is 13.8. The molecule has 1 heterocycles. The van der Waals surface area contributed by atoms with Crippen molar-refractivity contribution in [1.29, 1.82) is 0 Å². The Morgan fingerprint density at radius 3 is 2.65 bits per heavy atom. The number of benzene rings is 1. The third-order valence-corrected chi connectivity index (χ3v) is 3.66. The van der Waals surface area contributed by atoms with E-state index >= 15 is 0 Å². The predicted octanol–water partition coefficient (Wildman–Crippen LogP) is 1.99. The van der Waals surface area contributed by atoms with Gasteiger partial charge in [-0.2, -0.15) is 5.10 Å². The Morgan fingerprint density at radius 2 is 2.00 bits per heavy atom. The van der Waals surface area contributed by atoms with Gasteiger partial charge in [0.2, 0.25) is 0 Å². The number of halogens is 1. The van der Waals surface area contributed by atoms with E-state index < -0.39 is 0 Å². The quantitative estimate of drug-likeness (QED) is 0.838. The Kier molecular flexibility index (Phi) is 6.01. The number of likely N-dealkylation sites (N-methyl/N-ethyl adjacent to an activating group) is 1. The second kappa shape index (κ2) is 7.99. The highest BCUT2D eigenvalue weighted by Crippen LogP contribution is 2.17. The van der Waals surface area contributed by atoms with Crippen molar-refractivity contribution in [2.75, 3.05) is 32.6 Å². The fourth-order valence-corrected chi connectivity index (χ4v) is 2.12. The van der Waals surface area contributed by atoms with E-state index in [9.17, 15) is 4.79 Å². The van der Waals surface area contributed by atoms with Crippen LogP contribution in [0.25, 0.3) is 0 Å². The van der Waals surface area contributed by atoms with E-state index in [-0.39, 0.29) is 10.6 Å². The van der Waals surface area contributed by atoms with E-state index in [2.05, 4.69) is 15.3 Å². The van der Waals surface area contributed by atoms with Crippen molar-refractivity contribution in [3.8, 4) is 5.75 Å². The first kappa shape index (κ1) is 17.3. The van der Waals surface area contributed by atoms with Crippen LogP contribution in [0.1, 0.15) is 5.56 Å². The van der Waals surface area contributed by atoms with Crippen LogP contribution < -0.4 is 15.6 Å². The molecule has 0 radical (unpaired) electrons. The Balaban J connectivity index is 1.91. The molecule has 1 aromatic carbocycles. The summed E-state index contributed by atoms with van der Waals surface area (Å²) in [6.45, 7) is 2.07. The van der Waals surface area contributed by atoms with Gasteiger partial charge < -0.3 is 15.0 Å². The van der Waals surface area contributed by atoms with E-state index in [1.54, 1.807) is 13.2 Å². The molecule has 1 aromatic heterocycles. The Bertz CT molecular complexity index is 698. The molecule has 0 aliphatic rings. The van der Waals surface area contributed by atoms with Crippen LogP contribution in [0, 0.1) is 0 Å². The number of hydrogen-bond donors (Lipinski definition) is 1. The highest BCUT2D eigenvalue weighted by Gasteiger charge is 2.06. The molecule has 2 rings (SSSR count). The van der Waals surface area contributed by atoms with E-state index in [1.807, 2.05) is 38.4 Å². The van der Waals surface area contributed by atoms with Crippen molar-refractivity contribution < 1.29 is 4.74 Å². The molecule has 0 saturated heterocycles. The second-order valence-corrected chi connectivity index (χ2v) is 5.83. The molecule has 0 atom stereocenters. The van der Waals surface area contributed by atoms with Gasteiger partial charge in [0.15, 0.2) is 0 Å². The van der Waals surface area contributed by atoms with Gasteiger partial charge in [0, 0.05) is 20.1 Å². The van der Waals surface area contributed by atoms with Gasteiger partial charge >= 0.3 is 0 Å². The van der Waals surface area contributed by atoms with Crippen molar-refractivity contribution in [2.45, 2.75) is 6.54 Å². The molecule has 6 nitrogen and oxygen atoms in total. The third-order valence-electron chi connectivity index (χ3n) is 3.29. The highest BCUT2D eigenvalue weighted by atomic mass is 35.5. The molecule has 0 amide bonds. The summed E-state index contributed by atoms with van der Waals surface area (Å²) in [5.74, 6) is 0.837. The van der Waals surface area contributed by atoms with Crippen LogP contribution in [-0.4, -0.2) is 41.9 Å². The van der Waals surface area contributed by atoms with Crippen LogP contribution in [0.4, 0.5) is 5.69 Å². The number of aromatic nitrogens is 2. The first-order chi connectivity index (χ1) is 11.0. The molecule has 0 fully saturated rings. The highest BCUT2D eigenvalue weighted by molar-refractivity contribution is 6.32. The molecule has 124 valence electrons. The van der Waals surface area contributed by atoms with Crippen LogP contribution >= 0.6 is 11.6 Å². The number of ether oxygens (including phenoxy) is 1. The van der Waals surface area contributed by atoms with Gasteiger partial charge in [-0.1, -0.05) is 23.7 Å². The summed E-state index contributed by atoms with van der Waals surface area (Å²) in [5.41, 5.74) is 1.27. The topological polar surface area (TPSA) is 59.4 Å². The average Bonchev–Trinajstić information content (AvgIpc) is 2.53. The van der Waals surface area contributed by atoms with E-state index in [0.717, 1.165) is 17.9 Å². The zero-order valence-corrected chi connectivity index (χ0v) is 14.3. The lowest BCUT2D eigenvalue weighted by atomic mass is 10.2. The SMILES string of the molecule is CN(C)CCOc1ccc(CNc2cnn(C)c(=O)c2Cl)cc1. The molecule has 7 heteroatoms. The normalized spacial score (nSPS) is 10.8. The number of nitrogens with one attached hydrogen (secondary N) is 1. The molecule has 0 spiro atoms. The van der Waals surface area contributed by atoms with Gasteiger partial charge in [0.05, 0.1) is 11.9 Å². The summed E-state index contributed by atoms with van der Waals surface area (Å²) >= 11 is 6.01. The lowest BCUT2D eigenvalue weighted by Gasteiger charge is -2.12. The zero-order valence-electron chi connectivity index (χ0n) is 13.5. The Morgan fingerprint density at radius 1 is 1.30 bits per heavy atom. The van der Waals surface area contributed by atoms with Crippen molar-refractivity contribution in [1.82, 2.24) is 14.7 Å². The molecule has 1 N–H and O–H groups in total. The molecule has 23 heavy (non-hydrogen) atoms. The standard InChI is InChI=1S/C16H21ClN4O2/c1-20(2)8-9-23-13-6-4-12(5-7-13)10-18-14-11-19-21(3)16(22)15(14)17/h4-7,11,18H,8-10H2,1-3H3. The van der Waals surface area contributed by atoms with E-state index in [0.29, 0.717) is 18.8 Å². The summed E-state index contributed by atoms with van der Waals surface area (Å²) < 4.78 is 6.85. The number of rotatable bonds is 7. The monoisotopic (exact) mass is 336 g/mol. The lowest BCUT2D eigenvalue weighted by molar-refractivity contribution is 0.261. The Hall–Kier alpha value is -2.05. The number of aryl methyl sites for hydroxylation is 1. The van der Waals surface area contributed by atoms with E-state index in [1.165, 1.54) is 4.68 Å². The maximum absolute atomic E-state index is 11.7. The van der Waals surface area contributed by atoms with Crippen LogP contribution in [0.2, 0.25) is 5.02 Å². The molecular weight excluding hydrogens is 316 g/mol. The number of nitrogens with zero attached hydrogens (tertiary/aromatic N) is 3. The fourth-order valence-electron chi connectivity index (χ4n) is 1.88. The van der Waals surface area contributed by atoms with Gasteiger partial charge in [-0.3, -0.25) is 4.79 Å². The fraction of sp³-hybridized carbons (Fsp3) is 0.375. The van der Waals surface area contributed by atoms with Gasteiger partial charge in [-0.25, -0.2) is 4.68 Å². The molecule has 0 aliphatic carbocycles. The molecule has 0 unspecified atom stereocenters. The zero-order chi connectivity index (χ0) is 16.8. The van der Waals surface area contributed by atoms with Crippen LogP contribution in [0.5, 0.6) is 5.75 Å². The Labute approximate surface area is 140 Å². The van der Waals surface area contributed by atoms with Crippen molar-refractivity contribution in [3.05, 3.63) is 51.4 Å². The summed E-state index contributed by atoms with van der Waals surface area (Å²) in [5, 5.41) is 7.21. The molecular formula is C16H21ClN4O2. The third kappa shape index (κ3) is 4.97. The maximum atomic E-state index is 11.7. The lowest BCUT2D eigenvalue weighted by Crippen LogP contribution is -2.21. The summed E-state index contributed by atoms with van der Waals surface area (Å²) in [6, 6.07) is 7.80. The van der Waals surface area contributed by atoms with Crippen LogP contribution in [0.15, 0.2) is 35.3 Å². The molecule has 2 aromatic rings. The van der Waals surface area contributed by atoms with Crippen LogP contribution in [0.3, 0.4) is 0 Å². The largest absolute Gasteiger partial charge is 0.492 e. The van der Waals surface area contributed by atoms with Crippen molar-refractivity contribution in [3.63, 3.8) is 0 Å². The molecule has 0 bridgehead atoms. The average molecular weight is 337 g/mol. The number of anilines is 1. The van der Waals surface area contributed by atoms with Crippen LogP contribution in [-0.2, 0) is 13.6 Å². The van der Waals surface area contributed by atoms with Gasteiger partial charge in [-0.15, -0.1) is 0 Å². The first-order valence-electron chi connectivity index (χ1n) is 7.29. The van der Waals surface area contributed by atoms with Gasteiger partial charge in [0.1, 0.15) is 17.4 Å². The summed E-state index contributed by atoms with van der Waals surface area (Å²) in [6.07, 6.45) is 1.54. The van der Waals surface area contributed by atoms with Gasteiger partial charge in [-0.05, 0) is 31.8 Å². The second-order valence-electron chi connectivity index (χ2n) is 5.45. The molecule has 0 saturated carbocycles. The van der Waals surface area contributed by atoms with Crippen molar-refractivity contribution >= 4 is 17.3 Å². The summed E-state index contributed by atoms with van der Waals surface area (Å²) in [7, 11) is 5.58. The van der Waals surface area contributed by atoms with Gasteiger partial charge in [0.25, 0.3) is 5.56 Å². The van der Waals surface area contributed by atoms with Crippen molar-refractivity contribution in [2.24, 2.45) is 7.05 Å². The predicted molar refractivity (Wildman–Crippen MR) is 92.3 cm³/mol. The minimum Gasteiger partial charge on any atom is -0.492 e. The maximum Gasteiger partial charge on any atom is 0.287 e. The molecule has 0 aliphatic heterocycles. The number of hydrogen-bond acceptors (Lipinski definition) is 5. The van der Waals surface area contributed by atoms with E-state index in [4.69, 9.17) is 16.3 Å². The minimum atomic E-state index is -0.318. The first-order valence-corrected chi connectivity index (χ1v) is 7.67. The smallest absolute Gasteiger partial charge is 0.287 e.